The van der Waals surface area contributed by atoms with E-state index in [9.17, 15) is 14.4 Å². The van der Waals surface area contributed by atoms with Gasteiger partial charge in [0.25, 0.3) is 0 Å². The monoisotopic (exact) mass is 228 g/mol. The van der Waals surface area contributed by atoms with Crippen molar-refractivity contribution < 1.29 is 29.0 Å². The second kappa shape index (κ2) is 8.22. The molecule has 0 rings (SSSR count). The Bertz CT molecular complexity index is 304. The summed E-state index contributed by atoms with van der Waals surface area (Å²) in [5.41, 5.74) is 0. The van der Waals surface area contributed by atoms with E-state index in [0.717, 1.165) is 12.2 Å². The zero-order valence-electron chi connectivity index (χ0n) is 8.55. The first-order valence-corrected chi connectivity index (χ1v) is 4.43. The van der Waals surface area contributed by atoms with Crippen molar-refractivity contribution in [3.63, 3.8) is 0 Å². The van der Waals surface area contributed by atoms with Crippen molar-refractivity contribution in [2.75, 3.05) is 13.2 Å². The molecule has 0 saturated carbocycles. The molecule has 88 valence electrons. The van der Waals surface area contributed by atoms with Crippen molar-refractivity contribution in [2.45, 2.75) is 6.42 Å². The van der Waals surface area contributed by atoms with Crippen LogP contribution in [0, 0.1) is 0 Å². The second-order valence-corrected chi connectivity index (χ2v) is 2.56. The second-order valence-electron chi connectivity index (χ2n) is 2.56. The Morgan fingerprint density at radius 2 is 1.62 bits per heavy atom. The minimum atomic E-state index is -1.23. The van der Waals surface area contributed by atoms with Gasteiger partial charge in [-0.15, -0.1) is 0 Å². The number of carbonyl (C=O) groups is 3. The van der Waals surface area contributed by atoms with Gasteiger partial charge in [0.05, 0.1) is 13.2 Å². The van der Waals surface area contributed by atoms with E-state index < -0.39 is 17.9 Å². The molecule has 0 heterocycles. The van der Waals surface area contributed by atoms with Gasteiger partial charge in [0.2, 0.25) is 0 Å². The number of ether oxygens (including phenoxy) is 2. The fourth-order valence-electron chi connectivity index (χ4n) is 0.651. The van der Waals surface area contributed by atoms with Crippen LogP contribution in [-0.4, -0.2) is 36.2 Å². The van der Waals surface area contributed by atoms with Crippen LogP contribution in [0.4, 0.5) is 0 Å². The molecule has 0 aromatic rings. The lowest BCUT2D eigenvalue weighted by atomic mass is 10.4. The van der Waals surface area contributed by atoms with Crippen molar-refractivity contribution in [1.29, 1.82) is 0 Å². The zero-order valence-corrected chi connectivity index (χ0v) is 8.55. The highest BCUT2D eigenvalue weighted by Crippen LogP contribution is 1.89. The lowest BCUT2D eigenvalue weighted by Crippen LogP contribution is -2.08. The molecule has 0 aliphatic carbocycles. The molecule has 6 nitrogen and oxygen atoms in total. The summed E-state index contributed by atoms with van der Waals surface area (Å²) >= 11 is 0. The highest BCUT2D eigenvalue weighted by atomic mass is 16.5. The van der Waals surface area contributed by atoms with E-state index in [0.29, 0.717) is 12.5 Å². The number of rotatable bonds is 7. The Kier molecular flexibility index (Phi) is 7.14. The van der Waals surface area contributed by atoms with Crippen molar-refractivity contribution in [1.82, 2.24) is 0 Å². The maximum atomic E-state index is 10.8. The highest BCUT2D eigenvalue weighted by molar-refractivity contribution is 5.90. The average Bonchev–Trinajstić information content (AvgIpc) is 2.25. The van der Waals surface area contributed by atoms with Gasteiger partial charge in [-0.25, -0.2) is 14.4 Å². The molecule has 0 aliphatic rings. The van der Waals surface area contributed by atoms with Crippen LogP contribution in [0.3, 0.4) is 0 Å². The van der Waals surface area contributed by atoms with Crippen LogP contribution < -0.4 is 0 Å². The van der Waals surface area contributed by atoms with E-state index in [1.54, 1.807) is 0 Å². The molecule has 16 heavy (non-hydrogen) atoms. The average molecular weight is 228 g/mol. The number of carboxylic acid groups (broad SMARTS) is 1. The number of carboxylic acids is 1. The summed E-state index contributed by atoms with van der Waals surface area (Å²) in [4.78, 5) is 31.4. The Balaban J connectivity index is 3.52. The fourth-order valence-corrected chi connectivity index (χ4v) is 0.651. The SMILES string of the molecule is C=CC(=O)OCCCOC(=O)C=CC(=O)O. The molecule has 0 unspecified atom stereocenters. The molecule has 6 heteroatoms. The smallest absolute Gasteiger partial charge is 0.331 e. The predicted molar refractivity (Wildman–Crippen MR) is 53.5 cm³/mol. The summed E-state index contributed by atoms with van der Waals surface area (Å²) in [6, 6.07) is 0. The van der Waals surface area contributed by atoms with Crippen molar-refractivity contribution in [3.05, 3.63) is 24.8 Å². The minimum absolute atomic E-state index is 0.0488. The summed E-state index contributed by atoms with van der Waals surface area (Å²) in [6.45, 7) is 3.36. The minimum Gasteiger partial charge on any atom is -0.478 e. The van der Waals surface area contributed by atoms with Crippen LogP contribution in [0.15, 0.2) is 24.8 Å². The lowest BCUT2D eigenvalue weighted by molar-refractivity contribution is -0.140. The summed E-state index contributed by atoms with van der Waals surface area (Å²) < 4.78 is 9.21. The highest BCUT2D eigenvalue weighted by Gasteiger charge is 1.99. The summed E-state index contributed by atoms with van der Waals surface area (Å²) in [5.74, 6) is -2.52. The van der Waals surface area contributed by atoms with E-state index in [4.69, 9.17) is 5.11 Å². The molecule has 0 amide bonds. The van der Waals surface area contributed by atoms with Gasteiger partial charge in [-0.2, -0.15) is 0 Å². The van der Waals surface area contributed by atoms with Crippen LogP contribution in [-0.2, 0) is 23.9 Å². The van der Waals surface area contributed by atoms with E-state index in [-0.39, 0.29) is 13.2 Å². The molecule has 0 aromatic heterocycles. The molecular formula is C10H12O6. The topological polar surface area (TPSA) is 89.9 Å². The van der Waals surface area contributed by atoms with Gasteiger partial charge >= 0.3 is 17.9 Å². The van der Waals surface area contributed by atoms with Crippen molar-refractivity contribution in [3.8, 4) is 0 Å². The molecule has 0 aromatic carbocycles. The standard InChI is InChI=1S/C10H12O6/c1-2-9(13)15-6-3-7-16-10(14)5-4-8(11)12/h2,4-5H,1,3,6-7H2,(H,11,12). The van der Waals surface area contributed by atoms with Gasteiger partial charge in [0, 0.05) is 24.6 Å². The molecule has 0 radical (unpaired) electrons. The van der Waals surface area contributed by atoms with Crippen LogP contribution in [0.1, 0.15) is 6.42 Å². The Hall–Kier alpha value is -2.11. The molecule has 0 fully saturated rings. The lowest BCUT2D eigenvalue weighted by Gasteiger charge is -2.02. The fraction of sp³-hybridized carbons (Fsp3) is 0.300. The van der Waals surface area contributed by atoms with Gasteiger partial charge in [0.1, 0.15) is 0 Å². The Morgan fingerprint density at radius 1 is 1.06 bits per heavy atom. The molecule has 0 saturated heterocycles. The number of hydrogen-bond donors (Lipinski definition) is 1. The normalized spacial score (nSPS) is 9.75. The molecular weight excluding hydrogens is 216 g/mol. The Morgan fingerprint density at radius 3 is 2.12 bits per heavy atom. The van der Waals surface area contributed by atoms with Crippen LogP contribution in [0.25, 0.3) is 0 Å². The number of aliphatic carboxylic acids is 1. The van der Waals surface area contributed by atoms with Gasteiger partial charge in [0.15, 0.2) is 0 Å². The Labute approximate surface area is 92.2 Å². The summed E-state index contributed by atoms with van der Waals surface area (Å²) in [7, 11) is 0. The number of hydrogen-bond acceptors (Lipinski definition) is 5. The van der Waals surface area contributed by atoms with Gasteiger partial charge in [-0.3, -0.25) is 0 Å². The van der Waals surface area contributed by atoms with Crippen molar-refractivity contribution in [2.24, 2.45) is 0 Å². The van der Waals surface area contributed by atoms with Crippen LogP contribution in [0.5, 0.6) is 0 Å². The third-order valence-electron chi connectivity index (χ3n) is 1.31. The quantitative estimate of drug-likeness (QED) is 0.382. The molecule has 0 bridgehead atoms. The molecule has 1 N–H and O–H groups in total. The van der Waals surface area contributed by atoms with Gasteiger partial charge in [-0.05, 0) is 0 Å². The third-order valence-corrected chi connectivity index (χ3v) is 1.31. The zero-order chi connectivity index (χ0) is 12.4. The third kappa shape index (κ3) is 8.49. The van der Waals surface area contributed by atoms with Crippen LogP contribution in [0.2, 0.25) is 0 Å². The molecule has 0 spiro atoms. The summed E-state index contributed by atoms with van der Waals surface area (Å²) in [5, 5.41) is 8.20. The first-order valence-electron chi connectivity index (χ1n) is 4.43. The number of esters is 2. The van der Waals surface area contributed by atoms with Gasteiger partial charge in [-0.1, -0.05) is 6.58 Å². The van der Waals surface area contributed by atoms with E-state index >= 15 is 0 Å². The number of carbonyl (C=O) groups excluding carboxylic acids is 2. The predicted octanol–water partition coefficient (Wildman–Crippen LogP) is 0.290. The molecule has 0 aliphatic heterocycles. The van der Waals surface area contributed by atoms with E-state index in [1.807, 2.05) is 0 Å². The summed E-state index contributed by atoms with van der Waals surface area (Å²) in [6.07, 6.45) is 2.85. The van der Waals surface area contributed by atoms with E-state index in [1.165, 1.54) is 0 Å². The van der Waals surface area contributed by atoms with Crippen molar-refractivity contribution >= 4 is 17.9 Å². The first-order chi connectivity index (χ1) is 7.56. The van der Waals surface area contributed by atoms with E-state index in [2.05, 4.69) is 16.1 Å². The van der Waals surface area contributed by atoms with Gasteiger partial charge < -0.3 is 14.6 Å². The maximum absolute atomic E-state index is 10.8. The molecule has 0 atom stereocenters. The maximum Gasteiger partial charge on any atom is 0.331 e. The first kappa shape index (κ1) is 13.9. The largest absolute Gasteiger partial charge is 0.478 e. The van der Waals surface area contributed by atoms with Crippen LogP contribution >= 0.6 is 0 Å².